The van der Waals surface area contributed by atoms with Gasteiger partial charge in [-0.3, -0.25) is 19.5 Å². The number of phenolic OH excluding ortho intramolecular Hbond substituents is 1. The molecule has 1 saturated heterocycles. The highest BCUT2D eigenvalue weighted by Gasteiger charge is 2.74. The highest BCUT2D eigenvalue weighted by atomic mass is 35.5. The lowest BCUT2D eigenvalue weighted by Crippen LogP contribution is -2.81. The second-order valence-corrected chi connectivity index (χ2v) is 10.5. The Balaban J connectivity index is 0.00000217. The number of hydrogen-bond acceptors (Lipinski definition) is 6. The van der Waals surface area contributed by atoms with E-state index >= 15 is 0 Å². The van der Waals surface area contributed by atoms with E-state index < -0.39 is 17.1 Å². The minimum absolute atomic E-state index is 0. The van der Waals surface area contributed by atoms with Crippen LogP contribution in [-0.4, -0.2) is 57.5 Å². The van der Waals surface area contributed by atoms with E-state index in [-0.39, 0.29) is 35.9 Å². The van der Waals surface area contributed by atoms with Crippen LogP contribution >= 0.6 is 12.4 Å². The number of likely N-dealkylation sites (tertiary alicyclic amines) is 1. The van der Waals surface area contributed by atoms with E-state index in [0.29, 0.717) is 24.2 Å². The molecular formula is C26H28ClN3O4. The van der Waals surface area contributed by atoms with Crippen LogP contribution in [0.1, 0.15) is 53.6 Å². The Bertz CT molecular complexity index is 1190. The normalized spacial score (nSPS) is 32.9. The average Bonchev–Trinajstić information content (AvgIpc) is 3.57. The largest absolute Gasteiger partial charge is 0.504 e. The van der Waals surface area contributed by atoms with E-state index in [1.54, 1.807) is 30.6 Å². The molecule has 0 unspecified atom stereocenters. The summed E-state index contributed by atoms with van der Waals surface area (Å²) in [6.07, 6.45) is 7.57. The van der Waals surface area contributed by atoms with Crippen LogP contribution < -0.4 is 10.1 Å². The fraction of sp³-hybridized carbons (Fsp3) is 0.500. The predicted molar refractivity (Wildman–Crippen MR) is 127 cm³/mol. The van der Waals surface area contributed by atoms with Crippen molar-refractivity contribution >= 4 is 24.1 Å². The van der Waals surface area contributed by atoms with Crippen LogP contribution in [0, 0.1) is 5.92 Å². The number of nitrogens with zero attached hydrogens (tertiary/aromatic N) is 2. The van der Waals surface area contributed by atoms with Gasteiger partial charge in [0.1, 0.15) is 0 Å². The zero-order chi connectivity index (χ0) is 22.4. The van der Waals surface area contributed by atoms with E-state index in [4.69, 9.17) is 4.74 Å². The minimum Gasteiger partial charge on any atom is -0.504 e. The Morgan fingerprint density at radius 3 is 2.76 bits per heavy atom. The summed E-state index contributed by atoms with van der Waals surface area (Å²) in [6.45, 7) is 1.91. The van der Waals surface area contributed by atoms with E-state index in [9.17, 15) is 14.7 Å². The molecule has 5 aliphatic rings. The molecule has 4 atom stereocenters. The van der Waals surface area contributed by atoms with E-state index in [0.717, 1.165) is 43.0 Å². The molecule has 3 aliphatic carbocycles. The number of amides is 1. The number of phenols is 1. The van der Waals surface area contributed by atoms with Crippen molar-refractivity contribution in [2.24, 2.45) is 5.92 Å². The van der Waals surface area contributed by atoms with Crippen LogP contribution in [0.3, 0.4) is 0 Å². The highest BCUT2D eigenvalue weighted by Crippen LogP contribution is 2.65. The number of aromatic nitrogens is 1. The quantitative estimate of drug-likeness (QED) is 0.697. The first kappa shape index (κ1) is 21.9. The molecule has 1 aromatic carbocycles. The number of piperidine rings is 1. The third-order valence-electron chi connectivity index (χ3n) is 8.89. The first-order valence-electron chi connectivity index (χ1n) is 12.0. The van der Waals surface area contributed by atoms with Gasteiger partial charge < -0.3 is 15.2 Å². The van der Waals surface area contributed by atoms with E-state index in [2.05, 4.69) is 15.2 Å². The van der Waals surface area contributed by atoms with Crippen LogP contribution in [-0.2, 0) is 16.6 Å². The van der Waals surface area contributed by atoms with Gasteiger partial charge in [0.2, 0.25) is 0 Å². The molecular weight excluding hydrogens is 454 g/mol. The predicted octanol–water partition coefficient (Wildman–Crippen LogP) is 2.78. The van der Waals surface area contributed by atoms with Crippen molar-refractivity contribution in [2.75, 3.05) is 13.1 Å². The molecule has 1 amide bonds. The molecule has 3 fully saturated rings. The molecule has 1 spiro atoms. The molecule has 2 bridgehead atoms. The molecule has 34 heavy (non-hydrogen) atoms. The first-order chi connectivity index (χ1) is 16.0. The number of carbonyl (C=O) groups is 2. The van der Waals surface area contributed by atoms with Crippen molar-refractivity contribution in [3.8, 4) is 11.5 Å². The molecule has 0 radical (unpaired) electrons. The van der Waals surface area contributed by atoms with Crippen LogP contribution in [0.5, 0.6) is 11.5 Å². The fourth-order valence-electron chi connectivity index (χ4n) is 7.34. The maximum Gasteiger partial charge on any atom is 0.251 e. The van der Waals surface area contributed by atoms with Gasteiger partial charge in [-0.1, -0.05) is 6.07 Å². The maximum atomic E-state index is 13.6. The van der Waals surface area contributed by atoms with Crippen molar-refractivity contribution in [1.82, 2.24) is 15.2 Å². The third kappa shape index (κ3) is 2.71. The summed E-state index contributed by atoms with van der Waals surface area (Å²) in [7, 11) is 0. The van der Waals surface area contributed by atoms with Gasteiger partial charge in [0.15, 0.2) is 23.4 Å². The Kier molecular flexibility index (Phi) is 4.78. The lowest BCUT2D eigenvalue weighted by Gasteiger charge is -2.65. The van der Waals surface area contributed by atoms with Gasteiger partial charge in [0.05, 0.1) is 11.0 Å². The topological polar surface area (TPSA) is 91.8 Å². The zero-order valence-corrected chi connectivity index (χ0v) is 19.6. The third-order valence-corrected chi connectivity index (χ3v) is 8.89. The molecule has 7 nitrogen and oxygen atoms in total. The number of aromatic hydroxyl groups is 1. The molecule has 2 aliphatic heterocycles. The summed E-state index contributed by atoms with van der Waals surface area (Å²) in [5.41, 5.74) is 1.37. The second kappa shape index (κ2) is 7.43. The van der Waals surface area contributed by atoms with Gasteiger partial charge in [-0.05, 0) is 68.3 Å². The number of nitrogens with one attached hydrogen (secondary N) is 1. The summed E-state index contributed by atoms with van der Waals surface area (Å²) >= 11 is 0. The molecule has 3 heterocycles. The maximum absolute atomic E-state index is 13.6. The molecule has 2 saturated carbocycles. The molecule has 8 heteroatoms. The van der Waals surface area contributed by atoms with Crippen molar-refractivity contribution < 1.29 is 19.4 Å². The molecule has 1 aromatic heterocycles. The minimum atomic E-state index is -0.670. The van der Waals surface area contributed by atoms with Gasteiger partial charge in [-0.25, -0.2) is 0 Å². The number of ketones is 1. The fourth-order valence-corrected chi connectivity index (χ4v) is 7.34. The Morgan fingerprint density at radius 2 is 2.00 bits per heavy atom. The number of ether oxygens (including phenoxy) is 1. The number of carbonyl (C=O) groups excluding carboxylic acids is 2. The summed E-state index contributed by atoms with van der Waals surface area (Å²) in [5, 5.41) is 14.2. The number of benzene rings is 1. The number of hydrogen-bond donors (Lipinski definition) is 2. The molecule has 2 aromatic rings. The zero-order valence-electron chi connectivity index (χ0n) is 18.8. The summed E-state index contributed by atoms with van der Waals surface area (Å²) in [4.78, 5) is 33.5. The van der Waals surface area contributed by atoms with Crippen LogP contribution in [0.2, 0.25) is 0 Å². The Hall–Kier alpha value is -2.64. The number of halogens is 1. The lowest BCUT2D eigenvalue weighted by molar-refractivity contribution is -0.143. The van der Waals surface area contributed by atoms with E-state index in [1.807, 2.05) is 6.07 Å². The monoisotopic (exact) mass is 481 g/mol. The Morgan fingerprint density at radius 1 is 1.21 bits per heavy atom. The standard InChI is InChI=1S/C26H27N3O4.ClH/c30-18-4-3-17-13-20-26(28-24(32)16-6-10-27-11-7-16)8-5-19(31)23-25(26,21(17)22(18)33-23)9-12-29(20)14-15-1-2-15;/h3-4,6-7,10-11,15,20,23,30H,1-2,5,8-9,12-14H2,(H,28,32);1H/t20-,23+,25+,26-;/m1./s1. The van der Waals surface area contributed by atoms with Gasteiger partial charge in [0, 0.05) is 42.5 Å². The van der Waals surface area contributed by atoms with Crippen LogP contribution in [0.15, 0.2) is 36.7 Å². The smallest absolute Gasteiger partial charge is 0.251 e. The highest BCUT2D eigenvalue weighted by molar-refractivity contribution is 5.96. The van der Waals surface area contributed by atoms with Gasteiger partial charge in [0.25, 0.3) is 5.91 Å². The summed E-state index contributed by atoms with van der Waals surface area (Å²) < 4.78 is 6.28. The number of Topliss-reactive ketones (excluding diaryl/α,β-unsaturated/α-hetero) is 1. The van der Waals surface area contributed by atoms with Crippen LogP contribution in [0.25, 0.3) is 0 Å². The van der Waals surface area contributed by atoms with Crippen LogP contribution in [0.4, 0.5) is 0 Å². The lowest BCUT2D eigenvalue weighted by atomic mass is 9.47. The second-order valence-electron chi connectivity index (χ2n) is 10.5. The first-order valence-corrected chi connectivity index (χ1v) is 12.0. The van der Waals surface area contributed by atoms with Crippen molar-refractivity contribution in [3.05, 3.63) is 53.3 Å². The van der Waals surface area contributed by atoms with Gasteiger partial charge in [-0.15, -0.1) is 12.4 Å². The Labute approximate surface area is 204 Å². The van der Waals surface area contributed by atoms with E-state index in [1.165, 1.54) is 12.8 Å². The van der Waals surface area contributed by atoms with Crippen molar-refractivity contribution in [3.63, 3.8) is 0 Å². The molecule has 178 valence electrons. The number of rotatable bonds is 4. The average molecular weight is 482 g/mol. The molecule has 7 rings (SSSR count). The summed E-state index contributed by atoms with van der Waals surface area (Å²) in [5.74, 6) is 1.19. The molecule has 2 N–H and O–H groups in total. The summed E-state index contributed by atoms with van der Waals surface area (Å²) in [6, 6.07) is 7.22. The SMILES string of the molecule is Cl.O=C(N[C@@]12CCC(=O)[C@@H]3Oc4c(O)ccc5c4[C@@]31CCN(CC1CC1)[C@@H]2C5)c1ccncc1. The van der Waals surface area contributed by atoms with Gasteiger partial charge in [-0.2, -0.15) is 0 Å². The van der Waals surface area contributed by atoms with Crippen molar-refractivity contribution in [2.45, 2.75) is 61.6 Å². The number of pyridine rings is 1. The van der Waals surface area contributed by atoms with Gasteiger partial charge >= 0.3 is 0 Å². The van der Waals surface area contributed by atoms with Crippen molar-refractivity contribution in [1.29, 1.82) is 0 Å².